The highest BCUT2D eigenvalue weighted by Gasteiger charge is 2.40. The highest BCUT2D eigenvalue weighted by molar-refractivity contribution is 7.89. The Kier molecular flexibility index (Phi) is 4.10. The van der Waals surface area contributed by atoms with E-state index in [-0.39, 0.29) is 27.5 Å². The molecule has 1 aromatic rings. The van der Waals surface area contributed by atoms with Gasteiger partial charge in [-0.25, -0.2) is 13.1 Å². The van der Waals surface area contributed by atoms with E-state index in [4.69, 9.17) is 0 Å². The highest BCUT2D eigenvalue weighted by atomic mass is 32.2. The molecule has 118 valence electrons. The maximum atomic E-state index is 12.5. The Hall–Kier alpha value is -1.07. The van der Waals surface area contributed by atoms with Crippen LogP contribution in [0.3, 0.4) is 0 Å². The van der Waals surface area contributed by atoms with Crippen LogP contribution in [0.4, 0.5) is 0 Å². The summed E-state index contributed by atoms with van der Waals surface area (Å²) in [5, 5.41) is 9.76. The summed E-state index contributed by atoms with van der Waals surface area (Å²) in [5.41, 5.74) is 0.210. The van der Waals surface area contributed by atoms with Crippen molar-refractivity contribution in [2.75, 3.05) is 0 Å². The Bertz CT molecular complexity index is 604. The summed E-state index contributed by atoms with van der Waals surface area (Å²) in [6.45, 7) is 8.70. The molecule has 1 aliphatic carbocycles. The zero-order valence-corrected chi connectivity index (χ0v) is 14.0. The molecule has 0 aliphatic heterocycles. The van der Waals surface area contributed by atoms with E-state index < -0.39 is 10.0 Å². The van der Waals surface area contributed by atoms with Crippen LogP contribution in [0, 0.1) is 10.8 Å². The van der Waals surface area contributed by atoms with E-state index in [1.54, 1.807) is 12.1 Å². The predicted molar refractivity (Wildman–Crippen MR) is 83.6 cm³/mol. The van der Waals surface area contributed by atoms with E-state index in [2.05, 4.69) is 32.4 Å². The number of phenols is 1. The van der Waals surface area contributed by atoms with Crippen LogP contribution in [-0.4, -0.2) is 19.6 Å². The number of para-hydroxylation sites is 1. The molecule has 0 radical (unpaired) electrons. The first-order valence-electron chi connectivity index (χ1n) is 7.31. The van der Waals surface area contributed by atoms with Crippen LogP contribution in [0.5, 0.6) is 5.75 Å². The molecule has 0 aromatic heterocycles. The third kappa shape index (κ3) is 3.98. The molecular weight excluding hydrogens is 286 g/mol. The minimum atomic E-state index is -3.69. The molecule has 2 N–H and O–H groups in total. The SMILES string of the molecule is CC1(C)CC(NS(=O)(=O)c2ccccc2O)CC(C)(C)C1. The van der Waals surface area contributed by atoms with Crippen molar-refractivity contribution in [3.05, 3.63) is 24.3 Å². The fraction of sp³-hybridized carbons (Fsp3) is 0.625. The van der Waals surface area contributed by atoms with E-state index in [0.29, 0.717) is 0 Å². The largest absolute Gasteiger partial charge is 0.507 e. The van der Waals surface area contributed by atoms with E-state index in [1.165, 1.54) is 12.1 Å². The lowest BCUT2D eigenvalue weighted by atomic mass is 9.64. The van der Waals surface area contributed by atoms with E-state index in [0.717, 1.165) is 19.3 Å². The summed E-state index contributed by atoms with van der Waals surface area (Å²) in [6.07, 6.45) is 2.70. The molecule has 2 rings (SSSR count). The van der Waals surface area contributed by atoms with Crippen molar-refractivity contribution < 1.29 is 13.5 Å². The van der Waals surface area contributed by atoms with Gasteiger partial charge in [-0.1, -0.05) is 39.8 Å². The Labute approximate surface area is 127 Å². The zero-order chi connectivity index (χ0) is 15.9. The summed E-state index contributed by atoms with van der Waals surface area (Å²) in [7, 11) is -3.69. The lowest BCUT2D eigenvalue weighted by Gasteiger charge is -2.45. The number of phenolic OH excluding ortho intramolecular Hbond substituents is 1. The van der Waals surface area contributed by atoms with Crippen LogP contribution in [0.15, 0.2) is 29.2 Å². The van der Waals surface area contributed by atoms with Gasteiger partial charge in [-0.15, -0.1) is 0 Å². The van der Waals surface area contributed by atoms with E-state index in [9.17, 15) is 13.5 Å². The Morgan fingerprint density at radius 3 is 2.14 bits per heavy atom. The van der Waals surface area contributed by atoms with Gasteiger partial charge in [-0.2, -0.15) is 0 Å². The standard InChI is InChI=1S/C16H25NO3S/c1-15(2)9-12(10-16(3,4)11-15)17-21(19,20)14-8-6-5-7-13(14)18/h5-8,12,17-18H,9-11H2,1-4H3. The van der Waals surface area contributed by atoms with Gasteiger partial charge in [0.25, 0.3) is 0 Å². The molecule has 0 unspecified atom stereocenters. The van der Waals surface area contributed by atoms with Gasteiger partial charge in [0.15, 0.2) is 0 Å². The molecule has 5 heteroatoms. The minimum Gasteiger partial charge on any atom is -0.507 e. The molecule has 21 heavy (non-hydrogen) atoms. The number of sulfonamides is 1. The van der Waals surface area contributed by atoms with Crippen molar-refractivity contribution in [1.29, 1.82) is 0 Å². The predicted octanol–water partition coefficient (Wildman–Crippen LogP) is 3.28. The van der Waals surface area contributed by atoms with E-state index >= 15 is 0 Å². The van der Waals surface area contributed by atoms with Gasteiger partial charge in [0.2, 0.25) is 10.0 Å². The van der Waals surface area contributed by atoms with Gasteiger partial charge in [-0.3, -0.25) is 0 Å². The number of rotatable bonds is 3. The molecular formula is C16H25NO3S. The van der Waals surface area contributed by atoms with Crippen molar-refractivity contribution in [3.63, 3.8) is 0 Å². The summed E-state index contributed by atoms with van der Waals surface area (Å²) >= 11 is 0. The molecule has 0 amide bonds. The summed E-state index contributed by atoms with van der Waals surface area (Å²) < 4.78 is 27.7. The lowest BCUT2D eigenvalue weighted by Crippen LogP contribution is -2.45. The average Bonchev–Trinajstić information content (AvgIpc) is 2.23. The second-order valence-electron chi connectivity index (χ2n) is 7.70. The number of benzene rings is 1. The number of aromatic hydroxyl groups is 1. The fourth-order valence-electron chi connectivity index (χ4n) is 3.90. The molecule has 1 aromatic carbocycles. The molecule has 0 bridgehead atoms. The van der Waals surface area contributed by atoms with Crippen LogP contribution in [0.1, 0.15) is 47.0 Å². The minimum absolute atomic E-state index is 0.0498. The van der Waals surface area contributed by atoms with E-state index in [1.807, 2.05) is 0 Å². The maximum Gasteiger partial charge on any atom is 0.244 e. The Morgan fingerprint density at radius 1 is 1.10 bits per heavy atom. The second kappa shape index (κ2) is 5.29. The van der Waals surface area contributed by atoms with Crippen LogP contribution in [0.25, 0.3) is 0 Å². The van der Waals surface area contributed by atoms with Crippen molar-refractivity contribution in [2.24, 2.45) is 10.8 Å². The molecule has 4 nitrogen and oxygen atoms in total. The molecule has 1 aliphatic rings. The van der Waals surface area contributed by atoms with Crippen LogP contribution in [0.2, 0.25) is 0 Å². The number of nitrogens with one attached hydrogen (secondary N) is 1. The topological polar surface area (TPSA) is 66.4 Å². The molecule has 0 atom stereocenters. The smallest absolute Gasteiger partial charge is 0.244 e. The van der Waals surface area contributed by atoms with Gasteiger partial charge in [0.1, 0.15) is 10.6 Å². The van der Waals surface area contributed by atoms with Crippen molar-refractivity contribution in [1.82, 2.24) is 4.72 Å². The van der Waals surface area contributed by atoms with Crippen molar-refractivity contribution in [2.45, 2.75) is 57.9 Å². The third-order valence-corrected chi connectivity index (χ3v) is 5.60. The molecule has 0 spiro atoms. The highest BCUT2D eigenvalue weighted by Crippen LogP contribution is 2.46. The first-order chi connectivity index (χ1) is 9.51. The van der Waals surface area contributed by atoms with Crippen LogP contribution >= 0.6 is 0 Å². The van der Waals surface area contributed by atoms with Crippen molar-refractivity contribution in [3.8, 4) is 5.75 Å². The summed E-state index contributed by atoms with van der Waals surface area (Å²) in [5.74, 6) is -0.209. The van der Waals surface area contributed by atoms with Crippen LogP contribution < -0.4 is 4.72 Å². The monoisotopic (exact) mass is 311 g/mol. The molecule has 0 saturated heterocycles. The molecule has 0 heterocycles. The zero-order valence-electron chi connectivity index (χ0n) is 13.2. The lowest BCUT2D eigenvalue weighted by molar-refractivity contribution is 0.0934. The van der Waals surface area contributed by atoms with Gasteiger partial charge in [-0.05, 0) is 42.2 Å². The third-order valence-electron chi connectivity index (χ3n) is 4.03. The number of hydrogen-bond donors (Lipinski definition) is 2. The molecule has 1 fully saturated rings. The quantitative estimate of drug-likeness (QED) is 0.900. The second-order valence-corrected chi connectivity index (χ2v) is 9.38. The fourth-order valence-corrected chi connectivity index (χ4v) is 5.23. The van der Waals surface area contributed by atoms with Crippen molar-refractivity contribution >= 4 is 10.0 Å². The maximum absolute atomic E-state index is 12.5. The summed E-state index contributed by atoms with van der Waals surface area (Å²) in [6, 6.07) is 5.94. The van der Waals surface area contributed by atoms with Crippen LogP contribution in [-0.2, 0) is 10.0 Å². The van der Waals surface area contributed by atoms with Gasteiger partial charge in [0.05, 0.1) is 0 Å². The van der Waals surface area contributed by atoms with Gasteiger partial charge >= 0.3 is 0 Å². The first-order valence-corrected chi connectivity index (χ1v) is 8.80. The average molecular weight is 311 g/mol. The molecule has 1 saturated carbocycles. The Balaban J connectivity index is 2.23. The normalized spacial score (nSPS) is 22.1. The Morgan fingerprint density at radius 2 is 1.62 bits per heavy atom. The first kappa shape index (κ1) is 16.3. The summed E-state index contributed by atoms with van der Waals surface area (Å²) in [4.78, 5) is -0.0498. The van der Waals surface area contributed by atoms with Gasteiger partial charge in [0, 0.05) is 6.04 Å². The number of hydrogen-bond acceptors (Lipinski definition) is 3. The van der Waals surface area contributed by atoms with Gasteiger partial charge < -0.3 is 5.11 Å².